The summed E-state index contributed by atoms with van der Waals surface area (Å²) in [6.07, 6.45) is 1.56. The largest absolute Gasteiger partial charge is 0.507 e. The summed E-state index contributed by atoms with van der Waals surface area (Å²) in [5, 5.41) is 11.6. The Morgan fingerprint density at radius 3 is 2.43 bits per heavy atom. The van der Waals surface area contributed by atoms with Gasteiger partial charge in [-0.15, -0.1) is 0 Å². The maximum atomic E-state index is 13.6. The Morgan fingerprint density at radius 1 is 0.957 bits per heavy atom. The predicted octanol–water partition coefficient (Wildman–Crippen LogP) is 6.15. The van der Waals surface area contributed by atoms with E-state index in [4.69, 9.17) is 18.9 Å². The van der Waals surface area contributed by atoms with E-state index in [1.54, 1.807) is 42.3 Å². The van der Waals surface area contributed by atoms with E-state index >= 15 is 0 Å². The molecule has 250 valence electrons. The van der Waals surface area contributed by atoms with Crippen molar-refractivity contribution >= 4 is 17.4 Å². The van der Waals surface area contributed by atoms with E-state index in [0.717, 1.165) is 37.2 Å². The first-order valence-corrected chi connectivity index (χ1v) is 16.4. The Balaban J connectivity index is 1.42. The highest BCUT2D eigenvalue weighted by molar-refractivity contribution is 6.46. The van der Waals surface area contributed by atoms with Crippen molar-refractivity contribution in [3.05, 3.63) is 94.6 Å². The molecule has 3 aromatic carbocycles. The Hall–Kier alpha value is -4.34. The summed E-state index contributed by atoms with van der Waals surface area (Å²) in [5.41, 5.74) is 3.33. The number of morpholine rings is 1. The number of hydrogen-bond donors (Lipinski definition) is 1. The highest BCUT2D eigenvalue weighted by atomic mass is 16.5. The number of nitrogens with zero attached hydrogens (tertiary/aromatic N) is 2. The zero-order valence-electron chi connectivity index (χ0n) is 27.9. The summed E-state index contributed by atoms with van der Waals surface area (Å²) in [4.78, 5) is 31.1. The van der Waals surface area contributed by atoms with Crippen LogP contribution in [0.4, 0.5) is 0 Å². The minimum absolute atomic E-state index is 0.0466. The third kappa shape index (κ3) is 8.53. The molecule has 2 aliphatic heterocycles. The minimum Gasteiger partial charge on any atom is -0.507 e. The van der Waals surface area contributed by atoms with Crippen molar-refractivity contribution in [2.45, 2.75) is 46.3 Å². The molecule has 0 saturated carbocycles. The van der Waals surface area contributed by atoms with Gasteiger partial charge < -0.3 is 29.0 Å². The van der Waals surface area contributed by atoms with Gasteiger partial charge in [0.1, 0.15) is 18.1 Å². The van der Waals surface area contributed by atoms with Crippen LogP contribution in [-0.4, -0.2) is 79.7 Å². The van der Waals surface area contributed by atoms with Crippen molar-refractivity contribution in [2.24, 2.45) is 5.92 Å². The number of ether oxygens (including phenoxy) is 4. The van der Waals surface area contributed by atoms with Crippen LogP contribution in [0.5, 0.6) is 17.2 Å². The Labute approximate surface area is 277 Å². The van der Waals surface area contributed by atoms with Crippen LogP contribution in [0.3, 0.4) is 0 Å². The van der Waals surface area contributed by atoms with Crippen molar-refractivity contribution in [3.63, 3.8) is 0 Å². The predicted molar refractivity (Wildman–Crippen MR) is 181 cm³/mol. The molecule has 2 aliphatic rings. The normalized spacial score (nSPS) is 18.1. The number of aliphatic hydroxyl groups excluding tert-OH is 1. The molecule has 1 N–H and O–H groups in total. The summed E-state index contributed by atoms with van der Waals surface area (Å²) in [7, 11) is 1.57. The summed E-state index contributed by atoms with van der Waals surface area (Å²) < 4.78 is 23.1. The Bertz CT molecular complexity index is 1560. The second-order valence-corrected chi connectivity index (χ2v) is 12.5. The topological polar surface area (TPSA) is 97.8 Å². The molecule has 9 nitrogen and oxygen atoms in total. The number of amides is 1. The second kappa shape index (κ2) is 16.0. The van der Waals surface area contributed by atoms with Crippen molar-refractivity contribution in [1.29, 1.82) is 0 Å². The lowest BCUT2D eigenvalue weighted by atomic mass is 9.95. The van der Waals surface area contributed by atoms with Crippen LogP contribution in [0.15, 0.2) is 72.3 Å². The van der Waals surface area contributed by atoms with Gasteiger partial charge >= 0.3 is 0 Å². The van der Waals surface area contributed by atoms with Crippen LogP contribution in [0.25, 0.3) is 5.76 Å². The average molecular weight is 643 g/mol. The number of aliphatic hydroxyl groups is 1. The van der Waals surface area contributed by atoms with Crippen molar-refractivity contribution in [3.8, 4) is 17.2 Å². The van der Waals surface area contributed by atoms with E-state index in [9.17, 15) is 14.7 Å². The van der Waals surface area contributed by atoms with Crippen LogP contribution >= 0.6 is 0 Å². The highest BCUT2D eigenvalue weighted by Gasteiger charge is 2.46. The maximum Gasteiger partial charge on any atom is 0.295 e. The van der Waals surface area contributed by atoms with Crippen LogP contribution in [0.1, 0.15) is 55.0 Å². The third-order valence-electron chi connectivity index (χ3n) is 8.59. The smallest absolute Gasteiger partial charge is 0.295 e. The highest BCUT2D eigenvalue weighted by Crippen LogP contribution is 2.42. The van der Waals surface area contributed by atoms with Crippen molar-refractivity contribution in [1.82, 2.24) is 9.80 Å². The molecule has 5 rings (SSSR count). The summed E-state index contributed by atoms with van der Waals surface area (Å²) in [6.45, 7) is 11.4. The fourth-order valence-corrected chi connectivity index (χ4v) is 5.96. The number of carbonyl (C=O) groups is 2. The second-order valence-electron chi connectivity index (χ2n) is 12.5. The fourth-order valence-electron chi connectivity index (χ4n) is 5.96. The molecule has 9 heteroatoms. The van der Waals surface area contributed by atoms with Gasteiger partial charge in [0.2, 0.25) is 0 Å². The minimum atomic E-state index is -0.796. The van der Waals surface area contributed by atoms with Crippen LogP contribution in [0.2, 0.25) is 0 Å². The lowest BCUT2D eigenvalue weighted by Crippen LogP contribution is -2.39. The molecule has 0 radical (unpaired) electrons. The fraction of sp³-hybridized carbons (Fsp3) is 0.421. The molecule has 1 amide bonds. The third-order valence-corrected chi connectivity index (χ3v) is 8.59. The van der Waals surface area contributed by atoms with Gasteiger partial charge in [-0.05, 0) is 73.2 Å². The van der Waals surface area contributed by atoms with Gasteiger partial charge in [0, 0.05) is 31.7 Å². The first-order chi connectivity index (χ1) is 22.7. The average Bonchev–Trinajstić information content (AvgIpc) is 3.33. The number of rotatable bonds is 14. The molecule has 0 aromatic heterocycles. The number of benzene rings is 3. The van der Waals surface area contributed by atoms with Gasteiger partial charge in [-0.1, -0.05) is 49.7 Å². The Morgan fingerprint density at radius 2 is 1.72 bits per heavy atom. The van der Waals surface area contributed by atoms with E-state index < -0.39 is 17.7 Å². The number of carbonyl (C=O) groups excluding carboxylic acids is 2. The summed E-state index contributed by atoms with van der Waals surface area (Å²) in [5.74, 6) is 0.628. The molecule has 1 unspecified atom stereocenters. The van der Waals surface area contributed by atoms with E-state index in [1.165, 1.54) is 0 Å². The van der Waals surface area contributed by atoms with Gasteiger partial charge in [0.15, 0.2) is 11.5 Å². The molecular weight excluding hydrogens is 596 g/mol. The summed E-state index contributed by atoms with van der Waals surface area (Å²) >= 11 is 0. The first-order valence-electron chi connectivity index (χ1n) is 16.4. The summed E-state index contributed by atoms with van der Waals surface area (Å²) in [6, 6.07) is 19.7. The molecular formula is C38H46N2O7. The molecule has 0 spiro atoms. The lowest BCUT2D eigenvalue weighted by Gasteiger charge is -2.29. The van der Waals surface area contributed by atoms with Crippen LogP contribution in [-0.2, 0) is 20.9 Å². The standard InChI is InChI=1S/C38H46N2O7/c1-26(2)15-20-46-32-14-11-30(24-33(32)44-4)35-34(37(42)38(43)40(35)17-6-16-39-18-21-45-22-19-39)36(41)29-9-12-31(13-10-29)47-25-28-8-5-7-27(3)23-28/h5,7-14,23-24,26,35,41H,6,15-22,25H2,1-4H3/b36-34+. The molecule has 1 atom stereocenters. The van der Waals surface area contributed by atoms with Crippen molar-refractivity contribution < 1.29 is 33.6 Å². The molecule has 2 fully saturated rings. The van der Waals surface area contributed by atoms with E-state index in [-0.39, 0.29) is 11.3 Å². The van der Waals surface area contributed by atoms with Crippen molar-refractivity contribution in [2.75, 3.05) is 53.1 Å². The molecule has 2 saturated heterocycles. The molecule has 2 heterocycles. The monoisotopic (exact) mass is 642 g/mol. The SMILES string of the molecule is COc1cc(C2/C(=C(\O)c3ccc(OCc4cccc(C)c4)cc3)C(=O)C(=O)N2CCCN2CCOCC2)ccc1OCCC(C)C. The number of Topliss-reactive ketones (excluding diaryl/α,β-unsaturated/α-hetero) is 1. The number of ketones is 1. The number of likely N-dealkylation sites (tertiary alicyclic amines) is 1. The number of hydrogen-bond acceptors (Lipinski definition) is 8. The van der Waals surface area contributed by atoms with Gasteiger partial charge in [-0.25, -0.2) is 0 Å². The lowest BCUT2D eigenvalue weighted by molar-refractivity contribution is -0.140. The Kier molecular flexibility index (Phi) is 11.6. The van der Waals surface area contributed by atoms with Gasteiger partial charge in [-0.2, -0.15) is 0 Å². The maximum absolute atomic E-state index is 13.6. The molecule has 3 aromatic rings. The molecule has 47 heavy (non-hydrogen) atoms. The number of aryl methyl sites for hydroxylation is 1. The van der Waals surface area contributed by atoms with E-state index in [2.05, 4.69) is 24.8 Å². The van der Waals surface area contributed by atoms with Gasteiger partial charge in [0.25, 0.3) is 11.7 Å². The van der Waals surface area contributed by atoms with Gasteiger partial charge in [-0.3, -0.25) is 14.5 Å². The van der Waals surface area contributed by atoms with Crippen LogP contribution < -0.4 is 14.2 Å². The molecule has 0 bridgehead atoms. The zero-order chi connectivity index (χ0) is 33.3. The first kappa shape index (κ1) is 34.0. The molecule has 0 aliphatic carbocycles. The number of methoxy groups -OCH3 is 1. The van der Waals surface area contributed by atoms with E-state index in [1.807, 2.05) is 37.3 Å². The zero-order valence-corrected chi connectivity index (χ0v) is 27.9. The van der Waals surface area contributed by atoms with Crippen LogP contribution in [0, 0.1) is 12.8 Å². The van der Waals surface area contributed by atoms with E-state index in [0.29, 0.717) is 73.7 Å². The quantitative estimate of drug-likeness (QED) is 0.127. The van der Waals surface area contributed by atoms with Gasteiger partial charge in [0.05, 0.1) is 38.5 Å².